The number of para-hydroxylation sites is 1. The number of fused-ring (bicyclic) bond motifs is 1. The summed E-state index contributed by atoms with van der Waals surface area (Å²) >= 11 is 3.38. The summed E-state index contributed by atoms with van der Waals surface area (Å²) in [6.45, 7) is 2.08. The van der Waals surface area contributed by atoms with Gasteiger partial charge in [-0.15, -0.1) is 0 Å². The van der Waals surface area contributed by atoms with E-state index in [1.165, 1.54) is 6.07 Å². The first kappa shape index (κ1) is 14.1. The molecular weight excluding hydrogens is 337 g/mol. The molecule has 0 spiro atoms. The molecule has 1 aromatic carbocycles. The van der Waals surface area contributed by atoms with Crippen molar-refractivity contribution in [3.63, 3.8) is 0 Å². The summed E-state index contributed by atoms with van der Waals surface area (Å²) in [5.74, 6) is -0.116. The number of aryl methyl sites for hydroxylation is 2. The summed E-state index contributed by atoms with van der Waals surface area (Å²) in [5.41, 5.74) is 8.68. The molecule has 2 N–H and O–H groups in total. The fourth-order valence-corrected chi connectivity index (χ4v) is 3.04. The second-order valence-electron chi connectivity index (χ2n) is 4.87. The second-order valence-corrected chi connectivity index (χ2v) is 5.72. The fraction of sp³-hybridized carbons (Fsp3) is 0.286. The molecule has 3 aromatic rings. The second kappa shape index (κ2) is 5.14. The number of halogens is 2. The van der Waals surface area contributed by atoms with Gasteiger partial charge >= 0.3 is 0 Å². The normalized spacial score (nSPS) is 11.4. The van der Waals surface area contributed by atoms with Gasteiger partial charge in [-0.1, -0.05) is 19.4 Å². The van der Waals surface area contributed by atoms with Crippen LogP contribution in [0.1, 0.15) is 19.0 Å². The van der Waals surface area contributed by atoms with Crippen LogP contribution in [0.2, 0.25) is 0 Å². The molecule has 0 atom stereocenters. The Morgan fingerprint density at radius 2 is 2.14 bits per heavy atom. The van der Waals surface area contributed by atoms with Crippen molar-refractivity contribution in [2.75, 3.05) is 5.73 Å². The van der Waals surface area contributed by atoms with E-state index in [1.54, 1.807) is 21.4 Å². The number of hydrogen-bond donors (Lipinski definition) is 1. The van der Waals surface area contributed by atoms with Gasteiger partial charge in [-0.3, -0.25) is 4.57 Å². The van der Waals surface area contributed by atoms with Gasteiger partial charge in [0.05, 0.1) is 5.69 Å². The van der Waals surface area contributed by atoms with E-state index < -0.39 is 0 Å². The van der Waals surface area contributed by atoms with E-state index in [-0.39, 0.29) is 11.8 Å². The zero-order valence-electron chi connectivity index (χ0n) is 11.8. The number of nitrogens with zero attached hydrogens (tertiary/aromatic N) is 4. The summed E-state index contributed by atoms with van der Waals surface area (Å²) < 4.78 is 18.2. The molecule has 0 unspecified atom stereocenters. The molecule has 0 aliphatic rings. The van der Waals surface area contributed by atoms with Crippen LogP contribution in [0, 0.1) is 5.82 Å². The van der Waals surface area contributed by atoms with Crippen LogP contribution in [-0.4, -0.2) is 19.3 Å². The molecule has 0 amide bonds. The van der Waals surface area contributed by atoms with Crippen molar-refractivity contribution >= 4 is 33.0 Å². The molecular formula is C14H15BrFN5. The number of rotatable bonds is 3. The third-order valence-corrected chi connectivity index (χ3v) is 4.02. The lowest BCUT2D eigenvalue weighted by molar-refractivity contribution is 0.617. The maximum absolute atomic E-state index is 14.2. The molecule has 0 aliphatic carbocycles. The Morgan fingerprint density at radius 1 is 1.38 bits per heavy atom. The minimum Gasteiger partial charge on any atom is -0.369 e. The van der Waals surface area contributed by atoms with E-state index in [1.807, 2.05) is 7.05 Å². The number of anilines is 1. The zero-order chi connectivity index (χ0) is 15.1. The highest BCUT2D eigenvalue weighted by Gasteiger charge is 2.21. The van der Waals surface area contributed by atoms with E-state index in [2.05, 4.69) is 32.9 Å². The van der Waals surface area contributed by atoms with Crippen molar-refractivity contribution in [1.82, 2.24) is 19.3 Å². The van der Waals surface area contributed by atoms with Gasteiger partial charge in [0.2, 0.25) is 5.95 Å². The highest BCUT2D eigenvalue weighted by molar-refractivity contribution is 9.10. The van der Waals surface area contributed by atoms with Crippen molar-refractivity contribution in [3.05, 3.63) is 34.2 Å². The lowest BCUT2D eigenvalue weighted by Gasteiger charge is -2.10. The molecule has 0 saturated carbocycles. The summed E-state index contributed by atoms with van der Waals surface area (Å²) in [6, 6.07) is 4.81. The summed E-state index contributed by atoms with van der Waals surface area (Å²) in [7, 11) is 1.81. The molecule has 0 fully saturated rings. The van der Waals surface area contributed by atoms with Gasteiger partial charge in [0.25, 0.3) is 0 Å². The van der Waals surface area contributed by atoms with Gasteiger partial charge in [0.1, 0.15) is 17.0 Å². The van der Waals surface area contributed by atoms with Crippen molar-refractivity contribution in [2.45, 2.75) is 19.8 Å². The maximum atomic E-state index is 14.2. The highest BCUT2D eigenvalue weighted by Crippen LogP contribution is 2.31. The number of hydrogen-bond acceptors (Lipinski definition) is 3. The van der Waals surface area contributed by atoms with Crippen molar-refractivity contribution in [1.29, 1.82) is 0 Å². The average molecular weight is 352 g/mol. The van der Waals surface area contributed by atoms with E-state index in [4.69, 9.17) is 5.73 Å². The first-order chi connectivity index (χ1) is 10.0. The van der Waals surface area contributed by atoms with Crippen LogP contribution in [0.5, 0.6) is 0 Å². The van der Waals surface area contributed by atoms with Crippen LogP contribution in [0.4, 0.5) is 10.3 Å². The Bertz CT molecular complexity index is 800. The maximum Gasteiger partial charge on any atom is 0.207 e. The van der Waals surface area contributed by atoms with Crippen LogP contribution in [0.25, 0.3) is 16.9 Å². The minimum atomic E-state index is -0.367. The van der Waals surface area contributed by atoms with Crippen LogP contribution < -0.4 is 5.73 Å². The summed E-state index contributed by atoms with van der Waals surface area (Å²) in [4.78, 5) is 4.38. The van der Waals surface area contributed by atoms with Gasteiger partial charge in [-0.25, -0.2) is 14.1 Å². The Labute approximate surface area is 129 Å². The molecule has 0 bridgehead atoms. The van der Waals surface area contributed by atoms with Gasteiger partial charge in [0, 0.05) is 11.5 Å². The van der Waals surface area contributed by atoms with Gasteiger partial charge in [0.15, 0.2) is 5.65 Å². The van der Waals surface area contributed by atoms with E-state index in [0.29, 0.717) is 15.8 Å². The fourth-order valence-electron chi connectivity index (χ4n) is 2.52. The van der Waals surface area contributed by atoms with Crippen LogP contribution in [0.3, 0.4) is 0 Å². The van der Waals surface area contributed by atoms with Crippen LogP contribution in [-0.2, 0) is 13.5 Å². The molecule has 0 aliphatic heterocycles. The lowest BCUT2D eigenvalue weighted by atomic mass is 10.2. The van der Waals surface area contributed by atoms with Crippen LogP contribution >= 0.6 is 15.9 Å². The first-order valence-corrected chi connectivity index (χ1v) is 7.48. The van der Waals surface area contributed by atoms with Crippen molar-refractivity contribution in [2.24, 2.45) is 7.05 Å². The quantitative estimate of drug-likeness (QED) is 0.788. The van der Waals surface area contributed by atoms with Crippen molar-refractivity contribution < 1.29 is 4.39 Å². The van der Waals surface area contributed by atoms with Crippen LogP contribution in [0.15, 0.2) is 22.7 Å². The third-order valence-electron chi connectivity index (χ3n) is 3.38. The summed E-state index contributed by atoms with van der Waals surface area (Å²) in [5, 5.41) is 4.47. The van der Waals surface area contributed by atoms with Gasteiger partial charge in [-0.05, 0) is 34.5 Å². The van der Waals surface area contributed by atoms with Crippen molar-refractivity contribution in [3.8, 4) is 5.69 Å². The molecule has 7 heteroatoms. The smallest absolute Gasteiger partial charge is 0.207 e. The molecule has 2 heterocycles. The predicted molar refractivity (Wildman–Crippen MR) is 83.9 cm³/mol. The predicted octanol–water partition coefficient (Wildman–Crippen LogP) is 3.20. The molecule has 21 heavy (non-hydrogen) atoms. The largest absolute Gasteiger partial charge is 0.369 e. The first-order valence-electron chi connectivity index (χ1n) is 6.68. The Kier molecular flexibility index (Phi) is 3.44. The standard InChI is InChI=1S/C14H15BrFN5/c1-3-5-10-11-13(20(2)19-10)21(14(17)18-11)12-8(15)6-4-7-9(12)16/h4,6-7H,3,5H2,1-2H3,(H2,17,18). The number of nitrogen functional groups attached to an aromatic ring is 1. The average Bonchev–Trinajstić information content (AvgIpc) is 2.90. The zero-order valence-corrected chi connectivity index (χ0v) is 13.4. The molecule has 0 saturated heterocycles. The summed E-state index contributed by atoms with van der Waals surface area (Å²) in [6.07, 6.45) is 1.77. The van der Waals surface area contributed by atoms with E-state index in [9.17, 15) is 4.39 Å². The number of benzene rings is 1. The SMILES string of the molecule is CCCc1nn(C)c2c1nc(N)n2-c1c(F)cccc1Br. The van der Waals surface area contributed by atoms with E-state index >= 15 is 0 Å². The highest BCUT2D eigenvalue weighted by atomic mass is 79.9. The lowest BCUT2D eigenvalue weighted by Crippen LogP contribution is -2.07. The third kappa shape index (κ3) is 2.12. The minimum absolute atomic E-state index is 0.251. The molecule has 2 aromatic heterocycles. The Morgan fingerprint density at radius 3 is 2.81 bits per heavy atom. The Balaban J connectivity index is 2.36. The van der Waals surface area contributed by atoms with E-state index in [0.717, 1.165) is 24.1 Å². The molecule has 110 valence electrons. The molecule has 0 radical (unpaired) electrons. The molecule has 3 rings (SSSR count). The Hall–Kier alpha value is -1.89. The van der Waals surface area contributed by atoms with Gasteiger partial charge in [-0.2, -0.15) is 5.10 Å². The number of aromatic nitrogens is 4. The monoisotopic (exact) mass is 351 g/mol. The molecule has 5 nitrogen and oxygen atoms in total. The number of nitrogens with two attached hydrogens (primary N) is 1. The topological polar surface area (TPSA) is 61.7 Å². The number of imidazole rings is 1. The van der Waals surface area contributed by atoms with Gasteiger partial charge < -0.3 is 5.73 Å².